The van der Waals surface area contributed by atoms with Gasteiger partial charge in [-0.15, -0.1) is 0 Å². The second-order valence-corrected chi connectivity index (χ2v) is 9.51. The van der Waals surface area contributed by atoms with Crippen LogP contribution in [0.3, 0.4) is 0 Å². The van der Waals surface area contributed by atoms with Gasteiger partial charge >= 0.3 is 0 Å². The van der Waals surface area contributed by atoms with Gasteiger partial charge in [-0.2, -0.15) is 0 Å². The van der Waals surface area contributed by atoms with Gasteiger partial charge in [0.2, 0.25) is 0 Å². The van der Waals surface area contributed by atoms with Crippen LogP contribution in [0.4, 0.5) is 0 Å². The van der Waals surface area contributed by atoms with Crippen LogP contribution in [0.2, 0.25) is 5.02 Å². The minimum Gasteiger partial charge on any atom is -1.00 e. The fourth-order valence-electron chi connectivity index (χ4n) is 4.00. The Balaban J connectivity index is 0.00000612. The molecule has 35 heavy (non-hydrogen) atoms. The molecule has 0 aliphatic heterocycles. The molecule has 4 nitrogen and oxygen atoms in total. The normalized spacial score (nSPS) is 10.6. The lowest BCUT2D eigenvalue weighted by atomic mass is 10.1. The lowest BCUT2D eigenvalue weighted by molar-refractivity contribution is -0.693. The van der Waals surface area contributed by atoms with E-state index in [1.807, 2.05) is 30.6 Å². The molecule has 6 heteroatoms. The second-order valence-electron chi connectivity index (χ2n) is 9.10. The average molecular weight is 615 g/mol. The van der Waals surface area contributed by atoms with Crippen molar-refractivity contribution < 1.29 is 38.1 Å². The Hall–Kier alpha value is -1.34. The van der Waals surface area contributed by atoms with Crippen LogP contribution in [0.25, 0.3) is 0 Å². The van der Waals surface area contributed by atoms with E-state index in [-0.39, 0.29) is 29.9 Å². The standard InChI is InChI=1S/C29H43ClN2O2.HI/c1-3-5-6-7-8-9-10-11-12-13-14-15-22-34-26-16-17-27(28(30)23-26)29(33)31-24-25-18-20-32(4-2)21-19-25;/h16-21,23H,3-15,22,24H2,1-2H3;1H. The molecule has 1 amide bonds. The third-order valence-electron chi connectivity index (χ3n) is 6.23. The number of nitrogens with zero attached hydrogens (tertiary/aromatic N) is 1. The van der Waals surface area contributed by atoms with E-state index in [0.717, 1.165) is 24.3 Å². The first-order chi connectivity index (χ1) is 16.6. The van der Waals surface area contributed by atoms with E-state index in [2.05, 4.69) is 23.7 Å². The Bertz CT molecular complexity index is 830. The first kappa shape index (κ1) is 31.7. The molecule has 0 saturated carbocycles. The van der Waals surface area contributed by atoms with Gasteiger partial charge in [-0.1, -0.05) is 89.2 Å². The van der Waals surface area contributed by atoms with E-state index < -0.39 is 0 Å². The van der Waals surface area contributed by atoms with Gasteiger partial charge in [0.1, 0.15) is 12.3 Å². The summed E-state index contributed by atoms with van der Waals surface area (Å²) >= 11 is 6.36. The van der Waals surface area contributed by atoms with Gasteiger partial charge in [-0.25, -0.2) is 4.57 Å². The lowest BCUT2D eigenvalue weighted by Crippen LogP contribution is -3.00. The van der Waals surface area contributed by atoms with Gasteiger partial charge in [-0.3, -0.25) is 4.79 Å². The van der Waals surface area contributed by atoms with Crippen LogP contribution < -0.4 is 38.6 Å². The second kappa shape index (κ2) is 19.8. The molecule has 1 heterocycles. The number of hydrogen-bond donors (Lipinski definition) is 1. The van der Waals surface area contributed by atoms with Crippen molar-refractivity contribution in [2.45, 2.75) is 104 Å². The monoisotopic (exact) mass is 614 g/mol. The van der Waals surface area contributed by atoms with Crippen molar-refractivity contribution in [3.8, 4) is 5.75 Å². The molecule has 0 radical (unpaired) electrons. The SMILES string of the molecule is CCCCCCCCCCCCCCOc1ccc(C(=O)NCc2cc[n+](CC)cc2)c(Cl)c1.[I-]. The lowest BCUT2D eigenvalue weighted by Gasteiger charge is -2.10. The fourth-order valence-corrected chi connectivity index (χ4v) is 4.25. The average Bonchev–Trinajstić information content (AvgIpc) is 2.85. The Morgan fingerprint density at radius 1 is 0.857 bits per heavy atom. The number of amides is 1. The summed E-state index contributed by atoms with van der Waals surface area (Å²) in [5, 5.41) is 3.35. The molecule has 196 valence electrons. The van der Waals surface area contributed by atoms with Gasteiger partial charge < -0.3 is 34.0 Å². The molecule has 0 bridgehead atoms. The van der Waals surface area contributed by atoms with Crippen molar-refractivity contribution in [3.05, 3.63) is 58.9 Å². The number of halogens is 2. The van der Waals surface area contributed by atoms with Gasteiger partial charge in [0, 0.05) is 18.7 Å². The molecule has 1 aromatic carbocycles. The third kappa shape index (κ3) is 13.5. The Kier molecular flexibility index (Phi) is 17.9. The number of nitrogens with one attached hydrogen (secondary N) is 1. The van der Waals surface area contributed by atoms with Crippen molar-refractivity contribution in [1.82, 2.24) is 5.32 Å². The molecule has 2 aromatic rings. The van der Waals surface area contributed by atoms with Gasteiger partial charge in [0.15, 0.2) is 12.4 Å². The summed E-state index contributed by atoms with van der Waals surface area (Å²) in [4.78, 5) is 12.5. The van der Waals surface area contributed by atoms with Gasteiger partial charge in [0.05, 0.1) is 17.2 Å². The van der Waals surface area contributed by atoms with Crippen LogP contribution in [-0.4, -0.2) is 12.5 Å². The molecule has 0 atom stereocenters. The number of carbonyl (C=O) groups excluding carboxylic acids is 1. The van der Waals surface area contributed by atoms with E-state index in [9.17, 15) is 4.79 Å². The number of pyridine rings is 1. The molecular formula is C29H44ClIN2O2. The van der Waals surface area contributed by atoms with Crippen LogP contribution in [0.5, 0.6) is 5.75 Å². The Labute approximate surface area is 235 Å². The van der Waals surface area contributed by atoms with Crippen molar-refractivity contribution in [1.29, 1.82) is 0 Å². The molecule has 2 rings (SSSR count). The highest BCUT2D eigenvalue weighted by Crippen LogP contribution is 2.23. The highest BCUT2D eigenvalue weighted by molar-refractivity contribution is 6.34. The molecule has 0 fully saturated rings. The van der Waals surface area contributed by atoms with Crippen molar-refractivity contribution in [3.63, 3.8) is 0 Å². The molecule has 1 aromatic heterocycles. The molecular weight excluding hydrogens is 571 g/mol. The summed E-state index contributed by atoms with van der Waals surface area (Å²) in [6.45, 7) is 6.44. The predicted molar refractivity (Wildman–Crippen MR) is 142 cm³/mol. The highest BCUT2D eigenvalue weighted by atomic mass is 127. The number of rotatable bonds is 18. The predicted octanol–water partition coefficient (Wildman–Crippen LogP) is 4.66. The molecule has 0 aliphatic carbocycles. The van der Waals surface area contributed by atoms with Crippen molar-refractivity contribution in [2.24, 2.45) is 0 Å². The highest BCUT2D eigenvalue weighted by Gasteiger charge is 2.11. The number of benzene rings is 1. The van der Waals surface area contributed by atoms with Crippen LogP contribution in [0, 0.1) is 0 Å². The van der Waals surface area contributed by atoms with Gasteiger partial charge in [0.25, 0.3) is 5.91 Å². The maximum absolute atomic E-state index is 12.5. The zero-order valence-corrected chi connectivity index (χ0v) is 24.6. The van der Waals surface area contributed by atoms with Crippen molar-refractivity contribution in [2.75, 3.05) is 6.61 Å². The number of unbranched alkanes of at least 4 members (excludes halogenated alkanes) is 11. The van der Waals surface area contributed by atoms with E-state index in [1.54, 1.807) is 12.1 Å². The number of aryl methyl sites for hydroxylation is 1. The number of carbonyl (C=O) groups is 1. The quantitative estimate of drug-likeness (QED) is 0.151. The summed E-state index contributed by atoms with van der Waals surface area (Å²) < 4.78 is 7.93. The number of ether oxygens (including phenoxy) is 1. The number of hydrogen-bond acceptors (Lipinski definition) is 2. The van der Waals surface area contributed by atoms with E-state index >= 15 is 0 Å². The van der Waals surface area contributed by atoms with Crippen LogP contribution in [0.15, 0.2) is 42.7 Å². The zero-order chi connectivity index (χ0) is 24.4. The van der Waals surface area contributed by atoms with E-state index in [4.69, 9.17) is 16.3 Å². The number of aromatic nitrogens is 1. The Morgan fingerprint density at radius 2 is 1.43 bits per heavy atom. The van der Waals surface area contributed by atoms with Crippen LogP contribution >= 0.6 is 11.6 Å². The molecule has 0 spiro atoms. The zero-order valence-electron chi connectivity index (χ0n) is 21.7. The minimum atomic E-state index is -0.176. The molecule has 1 N–H and O–H groups in total. The summed E-state index contributed by atoms with van der Waals surface area (Å²) in [5.41, 5.74) is 1.52. The van der Waals surface area contributed by atoms with E-state index in [1.165, 1.54) is 70.6 Å². The van der Waals surface area contributed by atoms with Gasteiger partial charge in [-0.05, 0) is 37.1 Å². The maximum atomic E-state index is 12.5. The topological polar surface area (TPSA) is 42.2 Å². The largest absolute Gasteiger partial charge is 1.00 e. The third-order valence-corrected chi connectivity index (χ3v) is 6.54. The molecule has 0 unspecified atom stereocenters. The first-order valence-corrected chi connectivity index (χ1v) is 13.7. The smallest absolute Gasteiger partial charge is 0.253 e. The van der Waals surface area contributed by atoms with E-state index in [0.29, 0.717) is 23.7 Å². The van der Waals surface area contributed by atoms with Crippen LogP contribution in [0.1, 0.15) is 107 Å². The van der Waals surface area contributed by atoms with Crippen LogP contribution in [-0.2, 0) is 13.1 Å². The maximum Gasteiger partial charge on any atom is 0.253 e. The summed E-state index contributed by atoms with van der Waals surface area (Å²) in [6.07, 6.45) is 19.9. The Morgan fingerprint density at radius 3 is 1.97 bits per heavy atom. The molecule has 0 saturated heterocycles. The van der Waals surface area contributed by atoms with Crippen molar-refractivity contribution >= 4 is 17.5 Å². The summed E-state index contributed by atoms with van der Waals surface area (Å²) in [6, 6.07) is 9.33. The fraction of sp³-hybridized carbons (Fsp3) is 0.586. The minimum absolute atomic E-state index is 0. The first-order valence-electron chi connectivity index (χ1n) is 13.3. The molecule has 0 aliphatic rings. The summed E-state index contributed by atoms with van der Waals surface area (Å²) in [5.74, 6) is 0.543. The summed E-state index contributed by atoms with van der Waals surface area (Å²) in [7, 11) is 0.